The van der Waals surface area contributed by atoms with Crippen LogP contribution in [0.15, 0.2) is 60.8 Å². The lowest BCUT2D eigenvalue weighted by molar-refractivity contribution is 0.102. The summed E-state index contributed by atoms with van der Waals surface area (Å²) in [6.45, 7) is 1.94. The van der Waals surface area contributed by atoms with Crippen LogP contribution < -0.4 is 15.4 Å². The number of amides is 2. The van der Waals surface area contributed by atoms with Crippen LogP contribution in [0, 0.1) is 6.92 Å². The molecule has 0 saturated carbocycles. The first-order valence-corrected chi connectivity index (χ1v) is 8.83. The molecule has 6 nitrogen and oxygen atoms in total. The first-order valence-electron chi connectivity index (χ1n) is 8.45. The molecule has 0 aliphatic carbocycles. The summed E-state index contributed by atoms with van der Waals surface area (Å²) in [6, 6.07) is 15.2. The maximum absolute atomic E-state index is 12.8. The number of nitrogens with one attached hydrogen (secondary N) is 2. The van der Waals surface area contributed by atoms with Crippen LogP contribution in [-0.2, 0) is 0 Å². The van der Waals surface area contributed by atoms with E-state index in [1.807, 2.05) is 19.1 Å². The van der Waals surface area contributed by atoms with Gasteiger partial charge in [-0.25, -0.2) is 4.98 Å². The zero-order valence-electron chi connectivity index (χ0n) is 15.3. The molecule has 0 unspecified atom stereocenters. The van der Waals surface area contributed by atoms with Crippen LogP contribution in [0.4, 0.5) is 11.5 Å². The average Bonchev–Trinajstić information content (AvgIpc) is 2.70. The van der Waals surface area contributed by atoms with Gasteiger partial charge in [-0.05, 0) is 49.4 Å². The van der Waals surface area contributed by atoms with Crippen LogP contribution in [0.1, 0.15) is 26.3 Å². The molecular formula is C21H18ClN3O3. The van der Waals surface area contributed by atoms with Gasteiger partial charge in [0, 0.05) is 11.8 Å². The first-order chi connectivity index (χ1) is 13.5. The molecule has 1 aromatic heterocycles. The second kappa shape index (κ2) is 8.54. The van der Waals surface area contributed by atoms with E-state index in [1.54, 1.807) is 42.5 Å². The summed E-state index contributed by atoms with van der Waals surface area (Å²) in [6.07, 6.45) is 1.43. The highest BCUT2D eigenvalue weighted by Gasteiger charge is 2.16. The Morgan fingerprint density at radius 1 is 0.964 bits per heavy atom. The number of aryl methyl sites for hydroxylation is 1. The molecule has 0 aliphatic heterocycles. The molecule has 0 radical (unpaired) electrons. The van der Waals surface area contributed by atoms with Gasteiger partial charge in [0.15, 0.2) is 0 Å². The molecule has 3 aromatic rings. The molecule has 0 fully saturated rings. The van der Waals surface area contributed by atoms with Gasteiger partial charge in [-0.15, -0.1) is 0 Å². The number of rotatable bonds is 5. The van der Waals surface area contributed by atoms with Crippen molar-refractivity contribution in [3.8, 4) is 5.75 Å². The summed E-state index contributed by atoms with van der Waals surface area (Å²) in [5.74, 6) is 0.0762. The molecule has 2 N–H and O–H groups in total. The smallest absolute Gasteiger partial charge is 0.259 e. The predicted molar refractivity (Wildman–Crippen MR) is 109 cm³/mol. The van der Waals surface area contributed by atoms with Gasteiger partial charge in [0.05, 0.1) is 23.4 Å². The number of aromatic nitrogens is 1. The van der Waals surface area contributed by atoms with Crippen LogP contribution in [0.25, 0.3) is 0 Å². The van der Waals surface area contributed by atoms with Crippen molar-refractivity contribution in [3.05, 3.63) is 82.5 Å². The number of hydrogen-bond donors (Lipinski definition) is 2. The van der Waals surface area contributed by atoms with Gasteiger partial charge in [-0.3, -0.25) is 9.59 Å². The van der Waals surface area contributed by atoms with Crippen molar-refractivity contribution in [1.29, 1.82) is 0 Å². The Morgan fingerprint density at radius 3 is 2.36 bits per heavy atom. The van der Waals surface area contributed by atoms with E-state index in [-0.39, 0.29) is 11.5 Å². The number of ether oxygens (including phenoxy) is 1. The van der Waals surface area contributed by atoms with E-state index in [2.05, 4.69) is 15.6 Å². The van der Waals surface area contributed by atoms with Crippen molar-refractivity contribution in [2.45, 2.75) is 6.92 Å². The SMILES string of the molecule is COc1ccc(NC(=O)c2ccc(C)cc2)c(C(=O)Nc2ccc(Cl)cn2)c1. The fraction of sp³-hybridized carbons (Fsp3) is 0.0952. The Balaban J connectivity index is 1.86. The van der Waals surface area contributed by atoms with E-state index >= 15 is 0 Å². The fourth-order valence-electron chi connectivity index (χ4n) is 2.48. The quantitative estimate of drug-likeness (QED) is 0.663. The highest BCUT2D eigenvalue weighted by molar-refractivity contribution is 6.30. The summed E-state index contributed by atoms with van der Waals surface area (Å²) in [5, 5.41) is 5.92. The van der Waals surface area contributed by atoms with Crippen molar-refractivity contribution in [2.24, 2.45) is 0 Å². The molecule has 3 rings (SSSR count). The lowest BCUT2D eigenvalue weighted by Gasteiger charge is -2.13. The van der Waals surface area contributed by atoms with E-state index in [9.17, 15) is 9.59 Å². The van der Waals surface area contributed by atoms with Crippen molar-refractivity contribution >= 4 is 34.9 Å². The van der Waals surface area contributed by atoms with Gasteiger partial charge in [-0.1, -0.05) is 29.3 Å². The Hall–Kier alpha value is -3.38. The van der Waals surface area contributed by atoms with E-state index in [0.29, 0.717) is 27.8 Å². The van der Waals surface area contributed by atoms with Gasteiger partial charge in [0.25, 0.3) is 11.8 Å². The van der Waals surface area contributed by atoms with Crippen molar-refractivity contribution < 1.29 is 14.3 Å². The van der Waals surface area contributed by atoms with Crippen LogP contribution in [0.3, 0.4) is 0 Å². The normalized spacial score (nSPS) is 10.2. The van der Waals surface area contributed by atoms with E-state index in [4.69, 9.17) is 16.3 Å². The van der Waals surface area contributed by atoms with Crippen molar-refractivity contribution in [3.63, 3.8) is 0 Å². The molecule has 2 amide bonds. The summed E-state index contributed by atoms with van der Waals surface area (Å²) in [7, 11) is 1.50. The Bertz CT molecular complexity index is 1000. The Labute approximate surface area is 167 Å². The molecule has 0 aliphatic rings. The molecule has 142 valence electrons. The maximum atomic E-state index is 12.8. The number of anilines is 2. The highest BCUT2D eigenvalue weighted by atomic mass is 35.5. The molecule has 0 atom stereocenters. The third kappa shape index (κ3) is 4.66. The third-order valence-corrected chi connectivity index (χ3v) is 4.23. The van der Waals surface area contributed by atoms with Gasteiger partial charge < -0.3 is 15.4 Å². The van der Waals surface area contributed by atoms with Crippen molar-refractivity contribution in [1.82, 2.24) is 4.98 Å². The standard InChI is InChI=1S/C21H18ClN3O3/c1-13-3-5-14(6-4-13)20(26)24-18-9-8-16(28-2)11-17(18)21(27)25-19-10-7-15(22)12-23-19/h3-12H,1-2H3,(H,24,26)(H,23,25,27). The number of carbonyl (C=O) groups is 2. The zero-order valence-corrected chi connectivity index (χ0v) is 16.1. The monoisotopic (exact) mass is 395 g/mol. The third-order valence-electron chi connectivity index (χ3n) is 4.00. The van der Waals surface area contributed by atoms with E-state index < -0.39 is 5.91 Å². The molecule has 0 spiro atoms. The van der Waals surface area contributed by atoms with E-state index in [1.165, 1.54) is 13.3 Å². The summed E-state index contributed by atoms with van der Waals surface area (Å²) in [5.41, 5.74) is 2.15. The minimum Gasteiger partial charge on any atom is -0.497 e. The summed E-state index contributed by atoms with van der Waals surface area (Å²) in [4.78, 5) is 29.4. The second-order valence-electron chi connectivity index (χ2n) is 6.05. The molecule has 2 aromatic carbocycles. The Morgan fingerprint density at radius 2 is 1.71 bits per heavy atom. The van der Waals surface area contributed by atoms with Gasteiger partial charge in [-0.2, -0.15) is 0 Å². The van der Waals surface area contributed by atoms with E-state index in [0.717, 1.165) is 5.56 Å². The van der Waals surface area contributed by atoms with Crippen LogP contribution >= 0.6 is 11.6 Å². The van der Waals surface area contributed by atoms with Crippen LogP contribution in [-0.4, -0.2) is 23.9 Å². The first kappa shape index (κ1) is 19.4. The fourth-order valence-corrected chi connectivity index (χ4v) is 2.59. The molecule has 0 bridgehead atoms. The lowest BCUT2D eigenvalue weighted by Crippen LogP contribution is -2.18. The van der Waals surface area contributed by atoms with Gasteiger partial charge >= 0.3 is 0 Å². The number of carbonyl (C=O) groups excluding carboxylic acids is 2. The topological polar surface area (TPSA) is 80.3 Å². The number of halogens is 1. The minimum atomic E-state index is -0.437. The molecule has 1 heterocycles. The lowest BCUT2D eigenvalue weighted by atomic mass is 10.1. The number of methoxy groups -OCH3 is 1. The minimum absolute atomic E-state index is 0.247. The molecule has 7 heteroatoms. The van der Waals surface area contributed by atoms with Crippen molar-refractivity contribution in [2.75, 3.05) is 17.7 Å². The number of benzene rings is 2. The number of hydrogen-bond acceptors (Lipinski definition) is 4. The second-order valence-corrected chi connectivity index (χ2v) is 6.48. The van der Waals surface area contributed by atoms with Gasteiger partial charge in [0.2, 0.25) is 0 Å². The number of pyridine rings is 1. The van der Waals surface area contributed by atoms with Gasteiger partial charge in [0.1, 0.15) is 11.6 Å². The molecule has 28 heavy (non-hydrogen) atoms. The molecular weight excluding hydrogens is 378 g/mol. The van der Waals surface area contributed by atoms with Crippen LogP contribution in [0.5, 0.6) is 5.75 Å². The summed E-state index contributed by atoms with van der Waals surface area (Å²) < 4.78 is 5.20. The summed E-state index contributed by atoms with van der Waals surface area (Å²) >= 11 is 5.82. The number of nitrogens with zero attached hydrogens (tertiary/aromatic N) is 1. The largest absolute Gasteiger partial charge is 0.497 e. The molecule has 0 saturated heterocycles. The Kier molecular flexibility index (Phi) is 5.91. The zero-order chi connectivity index (χ0) is 20.1. The van der Waals surface area contributed by atoms with Crippen LogP contribution in [0.2, 0.25) is 5.02 Å². The maximum Gasteiger partial charge on any atom is 0.259 e. The predicted octanol–water partition coefficient (Wildman–Crippen LogP) is 4.56. The highest BCUT2D eigenvalue weighted by Crippen LogP contribution is 2.24. The average molecular weight is 396 g/mol.